The maximum absolute atomic E-state index is 9.19. The Morgan fingerprint density at radius 2 is 1.77 bits per heavy atom. The fraction of sp³-hybridized carbons (Fsp3) is 0.294. The fourth-order valence-electron chi connectivity index (χ4n) is 2.13. The minimum Gasteiger partial charge on any atom is -0.491 e. The second kappa shape index (κ2) is 9.01. The van der Waals surface area contributed by atoms with E-state index >= 15 is 0 Å². The van der Waals surface area contributed by atoms with Crippen LogP contribution in [0.25, 0.3) is 0 Å². The predicted molar refractivity (Wildman–Crippen MR) is 90.8 cm³/mol. The Hall–Kier alpha value is -1.26. The molecule has 2 rings (SSSR count). The summed E-state index contributed by atoms with van der Waals surface area (Å²) >= 11 is 12.0. The van der Waals surface area contributed by atoms with E-state index in [9.17, 15) is 5.11 Å². The van der Waals surface area contributed by atoms with Gasteiger partial charge in [0.1, 0.15) is 12.4 Å². The van der Waals surface area contributed by atoms with Gasteiger partial charge in [0.25, 0.3) is 0 Å². The number of aliphatic hydroxyl groups excluding tert-OH is 1. The average Bonchev–Trinajstić information content (AvgIpc) is 2.52. The molecule has 0 heterocycles. The molecule has 2 aromatic carbocycles. The van der Waals surface area contributed by atoms with Crippen molar-refractivity contribution in [2.75, 3.05) is 26.3 Å². The van der Waals surface area contributed by atoms with Gasteiger partial charge in [-0.3, -0.25) is 4.90 Å². The van der Waals surface area contributed by atoms with Crippen LogP contribution < -0.4 is 4.74 Å². The van der Waals surface area contributed by atoms with E-state index in [1.165, 1.54) is 5.56 Å². The lowest BCUT2D eigenvalue weighted by atomic mass is 10.2. The molecule has 0 aliphatic rings. The molecule has 1 N–H and O–H groups in total. The second-order valence-corrected chi connectivity index (χ2v) is 5.75. The molecular formula is C17H19Cl2NO2. The van der Waals surface area contributed by atoms with Gasteiger partial charge in [0.2, 0.25) is 0 Å². The van der Waals surface area contributed by atoms with Crippen molar-refractivity contribution in [1.82, 2.24) is 4.90 Å². The standard InChI is InChI=1S/C17H19Cl2NO2/c18-15-6-7-16(19)17(12-15)22-11-9-20(8-10-21)13-14-4-2-1-3-5-14/h1-7,12,21H,8-11,13H2. The highest BCUT2D eigenvalue weighted by Crippen LogP contribution is 2.27. The molecule has 0 radical (unpaired) electrons. The summed E-state index contributed by atoms with van der Waals surface area (Å²) in [5, 5.41) is 10.3. The molecule has 0 unspecified atom stereocenters. The largest absolute Gasteiger partial charge is 0.491 e. The van der Waals surface area contributed by atoms with E-state index in [2.05, 4.69) is 17.0 Å². The van der Waals surface area contributed by atoms with Gasteiger partial charge >= 0.3 is 0 Å². The van der Waals surface area contributed by atoms with Crippen LogP contribution in [-0.4, -0.2) is 36.3 Å². The Kier molecular flexibility index (Phi) is 7.00. The van der Waals surface area contributed by atoms with Crippen LogP contribution >= 0.6 is 23.2 Å². The quantitative estimate of drug-likeness (QED) is 0.792. The smallest absolute Gasteiger partial charge is 0.139 e. The van der Waals surface area contributed by atoms with E-state index in [1.807, 2.05) is 18.2 Å². The number of hydrogen-bond acceptors (Lipinski definition) is 3. The van der Waals surface area contributed by atoms with Gasteiger partial charge < -0.3 is 9.84 Å². The summed E-state index contributed by atoms with van der Waals surface area (Å²) in [4.78, 5) is 2.13. The Balaban J connectivity index is 1.87. The maximum Gasteiger partial charge on any atom is 0.139 e. The van der Waals surface area contributed by atoms with E-state index in [0.717, 1.165) is 6.54 Å². The van der Waals surface area contributed by atoms with Gasteiger partial charge in [0, 0.05) is 30.7 Å². The van der Waals surface area contributed by atoms with Gasteiger partial charge in [-0.25, -0.2) is 0 Å². The zero-order valence-corrected chi connectivity index (χ0v) is 13.7. The van der Waals surface area contributed by atoms with E-state index < -0.39 is 0 Å². The van der Waals surface area contributed by atoms with Crippen LogP contribution in [0.5, 0.6) is 5.75 Å². The number of aliphatic hydroxyl groups is 1. The molecule has 0 saturated heterocycles. The van der Waals surface area contributed by atoms with Crippen molar-refractivity contribution < 1.29 is 9.84 Å². The van der Waals surface area contributed by atoms with Crippen LogP contribution in [0, 0.1) is 0 Å². The Bertz CT molecular complexity index is 578. The topological polar surface area (TPSA) is 32.7 Å². The first-order valence-corrected chi connectivity index (χ1v) is 7.89. The third kappa shape index (κ3) is 5.50. The molecule has 0 amide bonds. The van der Waals surface area contributed by atoms with Crippen molar-refractivity contribution in [2.45, 2.75) is 6.54 Å². The molecule has 0 aliphatic heterocycles. The molecule has 0 fully saturated rings. The van der Waals surface area contributed by atoms with Crippen LogP contribution in [0.15, 0.2) is 48.5 Å². The molecule has 2 aromatic rings. The zero-order valence-electron chi connectivity index (χ0n) is 12.2. The van der Waals surface area contributed by atoms with Crippen molar-refractivity contribution in [3.63, 3.8) is 0 Å². The van der Waals surface area contributed by atoms with Gasteiger partial charge in [0.05, 0.1) is 11.6 Å². The highest BCUT2D eigenvalue weighted by atomic mass is 35.5. The molecular weight excluding hydrogens is 321 g/mol. The summed E-state index contributed by atoms with van der Waals surface area (Å²) in [5.41, 5.74) is 1.21. The highest BCUT2D eigenvalue weighted by molar-refractivity contribution is 6.34. The predicted octanol–water partition coefficient (Wildman–Crippen LogP) is 3.87. The first kappa shape index (κ1) is 17.1. The summed E-state index contributed by atoms with van der Waals surface area (Å²) in [7, 11) is 0. The van der Waals surface area contributed by atoms with Gasteiger partial charge in [-0.1, -0.05) is 53.5 Å². The molecule has 0 aliphatic carbocycles. The summed E-state index contributed by atoms with van der Waals surface area (Å²) in [6.45, 7) is 2.66. The molecule has 118 valence electrons. The van der Waals surface area contributed by atoms with Crippen molar-refractivity contribution in [3.05, 3.63) is 64.1 Å². The first-order chi connectivity index (χ1) is 10.7. The Morgan fingerprint density at radius 3 is 2.50 bits per heavy atom. The number of benzene rings is 2. The van der Waals surface area contributed by atoms with E-state index in [1.54, 1.807) is 18.2 Å². The van der Waals surface area contributed by atoms with Crippen LogP contribution in [0.3, 0.4) is 0 Å². The molecule has 3 nitrogen and oxygen atoms in total. The second-order valence-electron chi connectivity index (χ2n) is 4.91. The van der Waals surface area contributed by atoms with E-state index in [4.69, 9.17) is 27.9 Å². The van der Waals surface area contributed by atoms with Crippen LogP contribution in [0.1, 0.15) is 5.56 Å². The lowest BCUT2D eigenvalue weighted by Crippen LogP contribution is -2.30. The average molecular weight is 340 g/mol. The third-order valence-corrected chi connectivity index (χ3v) is 3.77. The van der Waals surface area contributed by atoms with Crippen LogP contribution in [0.4, 0.5) is 0 Å². The lowest BCUT2D eigenvalue weighted by molar-refractivity contribution is 0.163. The van der Waals surface area contributed by atoms with Crippen molar-refractivity contribution in [1.29, 1.82) is 0 Å². The van der Waals surface area contributed by atoms with Crippen molar-refractivity contribution in [2.24, 2.45) is 0 Å². The van der Waals surface area contributed by atoms with Gasteiger partial charge in [-0.15, -0.1) is 0 Å². The number of nitrogens with zero attached hydrogens (tertiary/aromatic N) is 1. The summed E-state index contributed by atoms with van der Waals surface area (Å²) in [6.07, 6.45) is 0. The molecule has 0 spiro atoms. The molecule has 0 saturated carbocycles. The highest BCUT2D eigenvalue weighted by Gasteiger charge is 2.07. The summed E-state index contributed by atoms with van der Waals surface area (Å²) in [6, 6.07) is 15.3. The normalized spacial score (nSPS) is 10.9. The number of halogens is 2. The SMILES string of the molecule is OCCN(CCOc1cc(Cl)ccc1Cl)Cc1ccccc1. The van der Waals surface area contributed by atoms with Gasteiger partial charge in [-0.2, -0.15) is 0 Å². The number of ether oxygens (including phenoxy) is 1. The van der Waals surface area contributed by atoms with E-state index in [0.29, 0.717) is 35.5 Å². The third-order valence-electron chi connectivity index (χ3n) is 3.22. The van der Waals surface area contributed by atoms with Gasteiger partial charge in [0.15, 0.2) is 0 Å². The number of hydrogen-bond donors (Lipinski definition) is 1. The van der Waals surface area contributed by atoms with Crippen molar-refractivity contribution >= 4 is 23.2 Å². The fourth-order valence-corrected chi connectivity index (χ4v) is 2.46. The van der Waals surface area contributed by atoms with E-state index in [-0.39, 0.29) is 6.61 Å². The molecule has 22 heavy (non-hydrogen) atoms. The zero-order chi connectivity index (χ0) is 15.8. The Labute approximate surface area is 141 Å². The lowest BCUT2D eigenvalue weighted by Gasteiger charge is -2.21. The molecule has 5 heteroatoms. The molecule has 0 bridgehead atoms. The molecule has 0 aromatic heterocycles. The monoisotopic (exact) mass is 339 g/mol. The van der Waals surface area contributed by atoms with Crippen molar-refractivity contribution in [3.8, 4) is 5.75 Å². The first-order valence-electron chi connectivity index (χ1n) is 7.14. The minimum atomic E-state index is 0.116. The van der Waals surface area contributed by atoms with Crippen LogP contribution in [0.2, 0.25) is 10.0 Å². The molecule has 0 atom stereocenters. The Morgan fingerprint density at radius 1 is 1.00 bits per heavy atom. The summed E-state index contributed by atoms with van der Waals surface area (Å²) < 4.78 is 5.69. The van der Waals surface area contributed by atoms with Gasteiger partial charge in [-0.05, 0) is 17.7 Å². The summed E-state index contributed by atoms with van der Waals surface area (Å²) in [5.74, 6) is 0.581. The minimum absolute atomic E-state index is 0.116. The van der Waals surface area contributed by atoms with Crippen LogP contribution in [-0.2, 0) is 6.54 Å². The maximum atomic E-state index is 9.19. The number of rotatable bonds is 8.